The fourth-order valence-electron chi connectivity index (χ4n) is 1.65. The van der Waals surface area contributed by atoms with Crippen LogP contribution >= 0.6 is 11.6 Å². The average Bonchev–Trinajstić information content (AvgIpc) is 2.42. The Hall–Kier alpha value is -2.26. The predicted molar refractivity (Wildman–Crippen MR) is 84.7 cm³/mol. The SMILES string of the molecule is Cc1ccc(NC(=O)/C=C/c2ccc(Cl)cc2)cc1N. The van der Waals surface area contributed by atoms with Gasteiger partial charge >= 0.3 is 0 Å². The summed E-state index contributed by atoms with van der Waals surface area (Å²) in [5.74, 6) is -0.205. The van der Waals surface area contributed by atoms with Crippen molar-refractivity contribution in [3.05, 3.63) is 64.7 Å². The number of carbonyl (C=O) groups is 1. The lowest BCUT2D eigenvalue weighted by atomic mass is 10.2. The number of rotatable bonds is 3. The molecular weight excluding hydrogens is 272 g/mol. The molecule has 3 nitrogen and oxygen atoms in total. The maximum absolute atomic E-state index is 11.8. The second-order valence-electron chi connectivity index (χ2n) is 4.45. The van der Waals surface area contributed by atoms with E-state index in [0.717, 1.165) is 11.1 Å². The second kappa shape index (κ2) is 6.26. The fraction of sp³-hybridized carbons (Fsp3) is 0.0625. The van der Waals surface area contributed by atoms with Crippen LogP contribution in [0.2, 0.25) is 5.02 Å². The molecule has 2 aromatic carbocycles. The Labute approximate surface area is 123 Å². The number of carbonyl (C=O) groups excluding carboxylic acids is 1. The summed E-state index contributed by atoms with van der Waals surface area (Å²) in [6.45, 7) is 1.92. The van der Waals surface area contributed by atoms with Crippen LogP contribution in [-0.4, -0.2) is 5.91 Å². The van der Waals surface area contributed by atoms with E-state index in [4.69, 9.17) is 17.3 Å². The molecule has 0 unspecified atom stereocenters. The van der Waals surface area contributed by atoms with E-state index in [2.05, 4.69) is 5.32 Å². The van der Waals surface area contributed by atoms with Crippen molar-refractivity contribution in [3.63, 3.8) is 0 Å². The third-order valence-corrected chi connectivity index (χ3v) is 3.10. The average molecular weight is 287 g/mol. The van der Waals surface area contributed by atoms with Gasteiger partial charge in [-0.05, 0) is 48.4 Å². The molecule has 2 rings (SSSR count). The van der Waals surface area contributed by atoms with Crippen LogP contribution in [0.25, 0.3) is 6.08 Å². The molecule has 0 atom stereocenters. The molecule has 3 N–H and O–H groups in total. The Bertz CT molecular complexity index is 648. The third kappa shape index (κ3) is 3.87. The van der Waals surface area contributed by atoms with E-state index in [1.807, 2.05) is 31.2 Å². The molecule has 102 valence electrons. The molecule has 0 bridgehead atoms. The normalized spacial score (nSPS) is 10.7. The number of benzene rings is 2. The number of nitrogen functional groups attached to an aromatic ring is 1. The minimum Gasteiger partial charge on any atom is -0.398 e. The van der Waals surface area contributed by atoms with E-state index in [9.17, 15) is 4.79 Å². The molecule has 0 aliphatic heterocycles. The van der Waals surface area contributed by atoms with Crippen molar-refractivity contribution in [2.45, 2.75) is 6.92 Å². The maximum Gasteiger partial charge on any atom is 0.248 e. The molecule has 0 aliphatic rings. The Morgan fingerprint density at radius 1 is 1.20 bits per heavy atom. The van der Waals surface area contributed by atoms with E-state index >= 15 is 0 Å². The first-order valence-electron chi connectivity index (χ1n) is 6.15. The van der Waals surface area contributed by atoms with Crippen LogP contribution < -0.4 is 11.1 Å². The zero-order valence-corrected chi connectivity index (χ0v) is 11.8. The Morgan fingerprint density at radius 2 is 1.90 bits per heavy atom. The van der Waals surface area contributed by atoms with Gasteiger partial charge in [0.2, 0.25) is 5.91 Å². The van der Waals surface area contributed by atoms with Gasteiger partial charge in [-0.3, -0.25) is 4.79 Å². The van der Waals surface area contributed by atoms with Gasteiger partial charge in [0, 0.05) is 22.5 Å². The molecular formula is C16H15ClN2O. The highest BCUT2D eigenvalue weighted by Gasteiger charge is 2.00. The number of hydrogen-bond donors (Lipinski definition) is 2. The van der Waals surface area contributed by atoms with Crippen molar-refractivity contribution in [3.8, 4) is 0 Å². The van der Waals surface area contributed by atoms with Gasteiger partial charge < -0.3 is 11.1 Å². The highest BCUT2D eigenvalue weighted by atomic mass is 35.5. The summed E-state index contributed by atoms with van der Waals surface area (Å²) < 4.78 is 0. The molecule has 0 aromatic heterocycles. The Morgan fingerprint density at radius 3 is 2.55 bits per heavy atom. The number of nitrogens with one attached hydrogen (secondary N) is 1. The van der Waals surface area contributed by atoms with E-state index < -0.39 is 0 Å². The van der Waals surface area contributed by atoms with Gasteiger partial charge in [-0.2, -0.15) is 0 Å². The van der Waals surface area contributed by atoms with Crippen molar-refractivity contribution in [2.24, 2.45) is 0 Å². The summed E-state index contributed by atoms with van der Waals surface area (Å²) in [5.41, 5.74) is 9.03. The van der Waals surface area contributed by atoms with E-state index in [1.165, 1.54) is 6.08 Å². The van der Waals surface area contributed by atoms with Gasteiger partial charge in [-0.1, -0.05) is 29.8 Å². The molecule has 0 fully saturated rings. The van der Waals surface area contributed by atoms with Crippen LogP contribution in [0.4, 0.5) is 11.4 Å². The third-order valence-electron chi connectivity index (χ3n) is 2.84. The minimum absolute atomic E-state index is 0.205. The first-order valence-corrected chi connectivity index (χ1v) is 6.53. The van der Waals surface area contributed by atoms with Gasteiger partial charge in [-0.25, -0.2) is 0 Å². The lowest BCUT2D eigenvalue weighted by molar-refractivity contribution is -0.111. The number of hydrogen-bond acceptors (Lipinski definition) is 2. The molecule has 0 aliphatic carbocycles. The summed E-state index contributed by atoms with van der Waals surface area (Å²) in [6, 6.07) is 12.7. The summed E-state index contributed by atoms with van der Waals surface area (Å²) >= 11 is 5.79. The molecule has 0 spiro atoms. The van der Waals surface area contributed by atoms with Gasteiger partial charge in [0.25, 0.3) is 0 Å². The fourth-order valence-corrected chi connectivity index (χ4v) is 1.77. The molecule has 20 heavy (non-hydrogen) atoms. The van der Waals surface area contributed by atoms with Crippen LogP contribution in [0.5, 0.6) is 0 Å². The standard InChI is InChI=1S/C16H15ClN2O/c1-11-2-8-14(10-15(11)18)19-16(20)9-5-12-3-6-13(17)7-4-12/h2-10H,18H2,1H3,(H,19,20)/b9-5+. The molecule has 0 saturated carbocycles. The smallest absolute Gasteiger partial charge is 0.248 e. The topological polar surface area (TPSA) is 55.1 Å². The summed E-state index contributed by atoms with van der Waals surface area (Å²) in [7, 11) is 0. The molecule has 4 heteroatoms. The zero-order valence-electron chi connectivity index (χ0n) is 11.1. The molecule has 0 heterocycles. The van der Waals surface area contributed by atoms with Crippen LogP contribution in [0.3, 0.4) is 0 Å². The Kier molecular flexibility index (Phi) is 4.43. The number of anilines is 2. The van der Waals surface area contributed by atoms with Crippen LogP contribution in [-0.2, 0) is 4.79 Å². The number of halogens is 1. The van der Waals surface area contributed by atoms with Gasteiger partial charge in [0.1, 0.15) is 0 Å². The van der Waals surface area contributed by atoms with Gasteiger partial charge in [0.05, 0.1) is 0 Å². The number of aryl methyl sites for hydroxylation is 1. The summed E-state index contributed by atoms with van der Waals surface area (Å²) in [5, 5.41) is 3.43. The van der Waals surface area contributed by atoms with E-state index in [-0.39, 0.29) is 5.91 Å². The van der Waals surface area contributed by atoms with Crippen LogP contribution in [0, 0.1) is 6.92 Å². The minimum atomic E-state index is -0.205. The predicted octanol–water partition coefficient (Wildman–Crippen LogP) is 3.88. The van der Waals surface area contributed by atoms with Crippen molar-refractivity contribution in [1.82, 2.24) is 0 Å². The van der Waals surface area contributed by atoms with Crippen molar-refractivity contribution in [1.29, 1.82) is 0 Å². The van der Waals surface area contributed by atoms with Crippen LogP contribution in [0.15, 0.2) is 48.5 Å². The molecule has 2 aromatic rings. The lowest BCUT2D eigenvalue weighted by Gasteiger charge is -2.05. The van der Waals surface area contributed by atoms with Crippen molar-refractivity contribution >= 4 is 35.0 Å². The summed E-state index contributed by atoms with van der Waals surface area (Å²) in [4.78, 5) is 11.8. The van der Waals surface area contributed by atoms with E-state index in [1.54, 1.807) is 24.3 Å². The molecule has 1 amide bonds. The monoisotopic (exact) mass is 286 g/mol. The molecule has 0 saturated heterocycles. The second-order valence-corrected chi connectivity index (χ2v) is 4.88. The Balaban J connectivity index is 2.01. The van der Waals surface area contributed by atoms with Gasteiger partial charge in [0.15, 0.2) is 0 Å². The van der Waals surface area contributed by atoms with E-state index in [0.29, 0.717) is 16.4 Å². The number of amides is 1. The van der Waals surface area contributed by atoms with Crippen LogP contribution in [0.1, 0.15) is 11.1 Å². The quantitative estimate of drug-likeness (QED) is 0.664. The summed E-state index contributed by atoms with van der Waals surface area (Å²) in [6.07, 6.45) is 3.20. The highest BCUT2D eigenvalue weighted by Crippen LogP contribution is 2.17. The zero-order chi connectivity index (χ0) is 14.5. The van der Waals surface area contributed by atoms with Crippen molar-refractivity contribution in [2.75, 3.05) is 11.1 Å². The first kappa shape index (κ1) is 14.2. The first-order chi connectivity index (χ1) is 9.54. The van der Waals surface area contributed by atoms with Gasteiger partial charge in [-0.15, -0.1) is 0 Å². The van der Waals surface area contributed by atoms with Crippen molar-refractivity contribution < 1.29 is 4.79 Å². The highest BCUT2D eigenvalue weighted by molar-refractivity contribution is 6.30. The molecule has 0 radical (unpaired) electrons. The largest absolute Gasteiger partial charge is 0.398 e. The lowest BCUT2D eigenvalue weighted by Crippen LogP contribution is -2.08. The maximum atomic E-state index is 11.8. The number of nitrogens with two attached hydrogens (primary N) is 1.